The number of benzene rings is 2. The molecule has 0 bridgehead atoms. The van der Waals surface area contributed by atoms with Gasteiger partial charge in [-0.15, -0.1) is 0 Å². The molecular formula is C16H17FN2O2. The van der Waals surface area contributed by atoms with Gasteiger partial charge in [0.05, 0.1) is 0 Å². The number of rotatable bonds is 6. The predicted molar refractivity (Wildman–Crippen MR) is 79.7 cm³/mol. The van der Waals surface area contributed by atoms with Crippen LogP contribution in [-0.2, 0) is 11.2 Å². The van der Waals surface area contributed by atoms with E-state index in [1.807, 2.05) is 18.2 Å². The highest BCUT2D eigenvalue weighted by Crippen LogP contribution is 2.14. The van der Waals surface area contributed by atoms with Crippen molar-refractivity contribution < 1.29 is 13.9 Å². The zero-order valence-corrected chi connectivity index (χ0v) is 11.5. The third-order valence-electron chi connectivity index (χ3n) is 2.81. The van der Waals surface area contributed by atoms with Gasteiger partial charge in [-0.2, -0.15) is 0 Å². The van der Waals surface area contributed by atoms with Crippen LogP contribution in [0.25, 0.3) is 0 Å². The zero-order valence-electron chi connectivity index (χ0n) is 11.5. The van der Waals surface area contributed by atoms with Crippen LogP contribution >= 0.6 is 0 Å². The van der Waals surface area contributed by atoms with Gasteiger partial charge in [0.25, 0.3) is 5.91 Å². The molecule has 4 nitrogen and oxygen atoms in total. The van der Waals surface area contributed by atoms with Crippen LogP contribution in [0.3, 0.4) is 0 Å². The van der Waals surface area contributed by atoms with E-state index < -0.39 is 5.82 Å². The Bertz CT molecular complexity index is 617. The standard InChI is InChI=1S/C16H17FN2O2/c17-13-4-2-5-14(10-13)19-16(20)11-21-15-6-1-3-12(9-15)7-8-18/h1-6,9-10H,7-8,11,18H2,(H,19,20). The fraction of sp³-hybridized carbons (Fsp3) is 0.188. The van der Waals surface area contributed by atoms with Gasteiger partial charge in [0, 0.05) is 5.69 Å². The Balaban J connectivity index is 1.87. The summed E-state index contributed by atoms with van der Waals surface area (Å²) in [5.41, 5.74) is 6.95. The van der Waals surface area contributed by atoms with Crippen molar-refractivity contribution in [1.29, 1.82) is 0 Å². The molecule has 0 atom stereocenters. The molecule has 3 N–H and O–H groups in total. The largest absolute Gasteiger partial charge is 0.484 e. The molecule has 1 amide bonds. The van der Waals surface area contributed by atoms with E-state index in [9.17, 15) is 9.18 Å². The van der Waals surface area contributed by atoms with E-state index in [0.717, 1.165) is 12.0 Å². The highest BCUT2D eigenvalue weighted by molar-refractivity contribution is 5.91. The average Bonchev–Trinajstić information content (AvgIpc) is 2.46. The predicted octanol–water partition coefficient (Wildman–Crippen LogP) is 2.34. The number of carbonyl (C=O) groups is 1. The number of halogens is 1. The number of ether oxygens (including phenoxy) is 1. The summed E-state index contributed by atoms with van der Waals surface area (Å²) in [5, 5.41) is 2.57. The number of hydrogen-bond donors (Lipinski definition) is 2. The molecular weight excluding hydrogens is 271 g/mol. The number of anilines is 1. The molecule has 0 radical (unpaired) electrons. The van der Waals surface area contributed by atoms with Crippen LogP contribution in [0.15, 0.2) is 48.5 Å². The molecule has 0 aliphatic heterocycles. The van der Waals surface area contributed by atoms with E-state index in [1.165, 1.54) is 18.2 Å². The molecule has 2 aromatic rings. The number of nitrogens with one attached hydrogen (secondary N) is 1. The Morgan fingerprint density at radius 1 is 1.19 bits per heavy atom. The molecule has 110 valence electrons. The number of hydrogen-bond acceptors (Lipinski definition) is 3. The van der Waals surface area contributed by atoms with Gasteiger partial charge in [0.15, 0.2) is 6.61 Å². The van der Waals surface area contributed by atoms with E-state index in [0.29, 0.717) is 18.0 Å². The molecule has 2 aromatic carbocycles. The summed E-state index contributed by atoms with van der Waals surface area (Å²) in [6.45, 7) is 0.423. The van der Waals surface area contributed by atoms with Gasteiger partial charge in [-0.1, -0.05) is 18.2 Å². The van der Waals surface area contributed by atoms with E-state index in [2.05, 4.69) is 5.32 Å². The lowest BCUT2D eigenvalue weighted by Gasteiger charge is -2.08. The second kappa shape index (κ2) is 7.40. The summed E-state index contributed by atoms with van der Waals surface area (Å²) in [4.78, 5) is 11.7. The van der Waals surface area contributed by atoms with Crippen LogP contribution in [0.2, 0.25) is 0 Å². The lowest BCUT2D eigenvalue weighted by molar-refractivity contribution is -0.118. The van der Waals surface area contributed by atoms with Gasteiger partial charge < -0.3 is 15.8 Å². The highest BCUT2D eigenvalue weighted by atomic mass is 19.1. The number of carbonyl (C=O) groups excluding carboxylic acids is 1. The summed E-state index contributed by atoms with van der Waals surface area (Å²) in [7, 11) is 0. The van der Waals surface area contributed by atoms with Crippen molar-refractivity contribution in [2.45, 2.75) is 6.42 Å². The fourth-order valence-electron chi connectivity index (χ4n) is 1.87. The molecule has 0 aliphatic carbocycles. The minimum atomic E-state index is -0.400. The molecule has 0 unspecified atom stereocenters. The second-order valence-corrected chi connectivity index (χ2v) is 4.53. The van der Waals surface area contributed by atoms with Gasteiger partial charge in [0.2, 0.25) is 0 Å². The van der Waals surface area contributed by atoms with Crippen molar-refractivity contribution in [1.82, 2.24) is 0 Å². The molecule has 0 saturated carbocycles. The average molecular weight is 288 g/mol. The normalized spacial score (nSPS) is 10.2. The summed E-state index contributed by atoms with van der Waals surface area (Å²) in [6.07, 6.45) is 0.757. The lowest BCUT2D eigenvalue weighted by Crippen LogP contribution is -2.20. The molecule has 21 heavy (non-hydrogen) atoms. The smallest absolute Gasteiger partial charge is 0.262 e. The van der Waals surface area contributed by atoms with Crippen LogP contribution in [-0.4, -0.2) is 19.1 Å². The minimum absolute atomic E-state index is 0.136. The number of nitrogens with two attached hydrogens (primary N) is 1. The molecule has 0 fully saturated rings. The van der Waals surface area contributed by atoms with Gasteiger partial charge in [-0.3, -0.25) is 4.79 Å². The summed E-state index contributed by atoms with van der Waals surface area (Å²) < 4.78 is 18.4. The Morgan fingerprint density at radius 3 is 2.76 bits per heavy atom. The highest BCUT2D eigenvalue weighted by Gasteiger charge is 2.05. The van der Waals surface area contributed by atoms with Crippen LogP contribution < -0.4 is 15.8 Å². The van der Waals surface area contributed by atoms with Gasteiger partial charge in [-0.25, -0.2) is 4.39 Å². The number of amides is 1. The first kappa shape index (κ1) is 15.0. The molecule has 0 saturated heterocycles. The van der Waals surface area contributed by atoms with Crippen LogP contribution in [0.4, 0.5) is 10.1 Å². The topological polar surface area (TPSA) is 64.3 Å². The maximum atomic E-state index is 13.0. The molecule has 0 aliphatic rings. The van der Waals surface area contributed by atoms with Crippen LogP contribution in [0.5, 0.6) is 5.75 Å². The van der Waals surface area contributed by atoms with Crippen molar-refractivity contribution in [3.05, 3.63) is 59.9 Å². The van der Waals surface area contributed by atoms with Gasteiger partial charge >= 0.3 is 0 Å². The fourth-order valence-corrected chi connectivity index (χ4v) is 1.87. The first-order chi connectivity index (χ1) is 10.2. The summed E-state index contributed by atoms with van der Waals surface area (Å²) >= 11 is 0. The third-order valence-corrected chi connectivity index (χ3v) is 2.81. The Hall–Kier alpha value is -2.40. The maximum absolute atomic E-state index is 13.0. The van der Waals surface area contributed by atoms with Gasteiger partial charge in [0.1, 0.15) is 11.6 Å². The van der Waals surface area contributed by atoms with E-state index in [1.54, 1.807) is 12.1 Å². The van der Waals surface area contributed by atoms with Crippen molar-refractivity contribution in [3.8, 4) is 5.75 Å². The summed E-state index contributed by atoms with van der Waals surface area (Å²) in [6, 6.07) is 13.1. The van der Waals surface area contributed by atoms with E-state index in [-0.39, 0.29) is 12.5 Å². The van der Waals surface area contributed by atoms with Crippen molar-refractivity contribution in [3.63, 3.8) is 0 Å². The monoisotopic (exact) mass is 288 g/mol. The lowest BCUT2D eigenvalue weighted by atomic mass is 10.1. The first-order valence-corrected chi connectivity index (χ1v) is 6.64. The quantitative estimate of drug-likeness (QED) is 0.857. The molecule has 0 aromatic heterocycles. The first-order valence-electron chi connectivity index (χ1n) is 6.64. The molecule has 2 rings (SSSR count). The van der Waals surface area contributed by atoms with Crippen LogP contribution in [0.1, 0.15) is 5.56 Å². The van der Waals surface area contributed by atoms with E-state index in [4.69, 9.17) is 10.5 Å². The van der Waals surface area contributed by atoms with Gasteiger partial charge in [-0.05, 0) is 48.9 Å². The van der Waals surface area contributed by atoms with Crippen molar-refractivity contribution in [2.24, 2.45) is 5.73 Å². The summed E-state index contributed by atoms with van der Waals surface area (Å²) in [5.74, 6) is -0.136. The van der Waals surface area contributed by atoms with Crippen molar-refractivity contribution in [2.75, 3.05) is 18.5 Å². The Kier molecular flexibility index (Phi) is 5.29. The Morgan fingerprint density at radius 2 is 2.00 bits per heavy atom. The van der Waals surface area contributed by atoms with Crippen molar-refractivity contribution >= 4 is 11.6 Å². The zero-order chi connectivity index (χ0) is 15.1. The molecule has 0 heterocycles. The SMILES string of the molecule is NCCc1cccc(OCC(=O)Nc2cccc(F)c2)c1. The van der Waals surface area contributed by atoms with E-state index >= 15 is 0 Å². The minimum Gasteiger partial charge on any atom is -0.484 e. The maximum Gasteiger partial charge on any atom is 0.262 e. The molecule has 5 heteroatoms. The molecule has 0 spiro atoms. The Labute approximate surface area is 122 Å². The third kappa shape index (κ3) is 4.89. The second-order valence-electron chi connectivity index (χ2n) is 4.53. The van der Waals surface area contributed by atoms with Crippen LogP contribution in [0, 0.1) is 5.82 Å².